The molecule has 0 fully saturated rings. The van der Waals surface area contributed by atoms with Crippen LogP contribution in [0.1, 0.15) is 17.5 Å². The molecule has 2 aromatic rings. The smallest absolute Gasteiger partial charge is 0.289 e. The number of pyridine rings is 1. The predicted molar refractivity (Wildman–Crippen MR) is 114 cm³/mol. The van der Waals surface area contributed by atoms with E-state index in [1.165, 1.54) is 6.21 Å². The first-order valence-electron chi connectivity index (χ1n) is 9.30. The quantitative estimate of drug-likeness (QED) is 0.468. The number of aromatic nitrogens is 1. The van der Waals surface area contributed by atoms with Crippen LogP contribution >= 0.6 is 15.9 Å². The van der Waals surface area contributed by atoms with E-state index < -0.39 is 5.91 Å². The molecule has 0 spiro atoms. The van der Waals surface area contributed by atoms with Crippen LogP contribution < -0.4 is 24.4 Å². The fourth-order valence-corrected chi connectivity index (χ4v) is 3.94. The van der Waals surface area contributed by atoms with Crippen LogP contribution in [0.3, 0.4) is 0 Å². The molecular formula is C20H19BrN4O6. The largest absolute Gasteiger partial charge is 0.492 e. The summed E-state index contributed by atoms with van der Waals surface area (Å²) < 4.78 is 22.8. The topological polar surface area (TPSA) is 113 Å². The number of halogens is 1. The van der Waals surface area contributed by atoms with Gasteiger partial charge in [-0.2, -0.15) is 5.10 Å². The van der Waals surface area contributed by atoms with Crippen LogP contribution in [-0.4, -0.2) is 49.9 Å². The number of hydrogen-bond donors (Lipinski definition) is 1. The Labute approximate surface area is 186 Å². The summed E-state index contributed by atoms with van der Waals surface area (Å²) in [6.45, 7) is 0.0743. The van der Waals surface area contributed by atoms with Gasteiger partial charge in [0.25, 0.3) is 5.91 Å². The first-order valence-corrected chi connectivity index (χ1v) is 10.1. The predicted octanol–water partition coefficient (Wildman–Crippen LogP) is 2.43. The minimum absolute atomic E-state index is 0.0743. The van der Waals surface area contributed by atoms with E-state index in [1.54, 1.807) is 32.7 Å². The second-order valence-electron chi connectivity index (χ2n) is 6.58. The number of methoxy groups -OCH3 is 2. The number of amides is 1. The minimum atomic E-state index is -0.433. The summed E-state index contributed by atoms with van der Waals surface area (Å²) in [4.78, 5) is 21.8. The summed E-state index contributed by atoms with van der Waals surface area (Å²) in [6, 6.07) is 3.60. The summed E-state index contributed by atoms with van der Waals surface area (Å²) in [5.74, 6) is 1.54. The lowest BCUT2D eigenvalue weighted by Gasteiger charge is -2.18. The lowest BCUT2D eigenvalue weighted by Crippen LogP contribution is -2.27. The molecule has 162 valence electrons. The van der Waals surface area contributed by atoms with Crippen molar-refractivity contribution in [3.8, 4) is 23.0 Å². The molecule has 2 aliphatic rings. The van der Waals surface area contributed by atoms with Gasteiger partial charge in [0.1, 0.15) is 11.8 Å². The van der Waals surface area contributed by atoms with Crippen molar-refractivity contribution in [1.29, 1.82) is 0 Å². The molecular weight excluding hydrogens is 472 g/mol. The first-order chi connectivity index (χ1) is 15.1. The molecule has 0 bridgehead atoms. The Bertz CT molecular complexity index is 1040. The molecule has 0 saturated heterocycles. The van der Waals surface area contributed by atoms with E-state index in [9.17, 15) is 4.79 Å². The lowest BCUT2D eigenvalue weighted by atomic mass is 10.0. The highest BCUT2D eigenvalue weighted by Gasteiger charge is 2.34. The molecule has 1 aromatic heterocycles. The number of nitrogens with one attached hydrogen (secondary N) is 1. The minimum Gasteiger partial charge on any atom is -0.492 e. The van der Waals surface area contributed by atoms with E-state index in [4.69, 9.17) is 23.8 Å². The Morgan fingerprint density at radius 2 is 2.10 bits per heavy atom. The third kappa shape index (κ3) is 4.26. The Hall–Kier alpha value is -3.34. The highest BCUT2D eigenvalue weighted by Crippen LogP contribution is 2.54. The summed E-state index contributed by atoms with van der Waals surface area (Å²) in [7, 11) is 3.09. The molecule has 0 saturated carbocycles. The second kappa shape index (κ2) is 9.21. The van der Waals surface area contributed by atoms with Gasteiger partial charge >= 0.3 is 0 Å². The summed E-state index contributed by atoms with van der Waals surface area (Å²) in [6.07, 6.45) is 5.12. The van der Waals surface area contributed by atoms with Gasteiger partial charge in [-0.1, -0.05) is 11.2 Å². The molecule has 1 N–H and O–H groups in total. The molecule has 1 atom stereocenters. The molecule has 31 heavy (non-hydrogen) atoms. The van der Waals surface area contributed by atoms with Crippen LogP contribution in [0.5, 0.6) is 23.0 Å². The monoisotopic (exact) mass is 490 g/mol. The van der Waals surface area contributed by atoms with Crippen LogP contribution in [0.15, 0.2) is 39.3 Å². The Morgan fingerprint density at radius 3 is 2.81 bits per heavy atom. The van der Waals surface area contributed by atoms with E-state index in [0.29, 0.717) is 40.3 Å². The third-order valence-corrected chi connectivity index (χ3v) is 5.50. The third-order valence-electron chi connectivity index (χ3n) is 4.66. The molecule has 0 radical (unpaired) electrons. The maximum atomic E-state index is 12.3. The van der Waals surface area contributed by atoms with E-state index >= 15 is 0 Å². The van der Waals surface area contributed by atoms with Crippen LogP contribution in [0.2, 0.25) is 0 Å². The number of hydrazone groups is 1. The summed E-state index contributed by atoms with van der Waals surface area (Å²) in [5.41, 5.74) is 4.22. The van der Waals surface area contributed by atoms with Crippen molar-refractivity contribution in [2.45, 2.75) is 18.9 Å². The van der Waals surface area contributed by atoms with Gasteiger partial charge in [0, 0.05) is 36.4 Å². The van der Waals surface area contributed by atoms with Crippen molar-refractivity contribution < 1.29 is 28.6 Å². The highest BCUT2D eigenvalue weighted by molar-refractivity contribution is 9.10. The summed E-state index contributed by atoms with van der Waals surface area (Å²) >= 11 is 3.56. The standard InChI is InChI=1S/C20H19BrN4O6/c1-27-16-13(15(21)17(28-2)19-18(16)29-10-30-19)6-12-7-14(25-31-12)20(26)24-23-9-11-4-3-5-22-8-11/h3-5,8-9,12H,6-7,10H2,1-2H3,(H,24,26)/b23-9+/t12-/m0/s1. The van der Waals surface area contributed by atoms with Crippen molar-refractivity contribution >= 4 is 33.8 Å². The van der Waals surface area contributed by atoms with Gasteiger partial charge in [-0.05, 0) is 22.0 Å². The van der Waals surface area contributed by atoms with Gasteiger partial charge in [0.15, 0.2) is 11.5 Å². The van der Waals surface area contributed by atoms with Crippen molar-refractivity contribution in [2.24, 2.45) is 10.3 Å². The maximum absolute atomic E-state index is 12.3. The van der Waals surface area contributed by atoms with Crippen LogP contribution in [0.4, 0.5) is 0 Å². The molecule has 4 rings (SSSR count). The molecule has 1 aromatic carbocycles. The molecule has 2 aliphatic heterocycles. The number of ether oxygens (including phenoxy) is 4. The zero-order valence-electron chi connectivity index (χ0n) is 16.8. The fraction of sp³-hybridized carbons (Fsp3) is 0.300. The highest BCUT2D eigenvalue weighted by atomic mass is 79.9. The van der Waals surface area contributed by atoms with Gasteiger partial charge in [-0.15, -0.1) is 0 Å². The van der Waals surface area contributed by atoms with Crippen LogP contribution in [0.25, 0.3) is 0 Å². The van der Waals surface area contributed by atoms with Gasteiger partial charge in [0.05, 0.1) is 24.9 Å². The molecule has 11 heteroatoms. The average Bonchev–Trinajstić information content (AvgIpc) is 3.45. The number of carbonyl (C=O) groups is 1. The van der Waals surface area contributed by atoms with Crippen LogP contribution in [0, 0.1) is 0 Å². The number of hydrogen-bond acceptors (Lipinski definition) is 9. The van der Waals surface area contributed by atoms with E-state index in [-0.39, 0.29) is 18.6 Å². The van der Waals surface area contributed by atoms with Crippen molar-refractivity contribution in [3.05, 3.63) is 40.1 Å². The van der Waals surface area contributed by atoms with E-state index in [0.717, 1.165) is 11.1 Å². The molecule has 0 aliphatic carbocycles. The Morgan fingerprint density at radius 1 is 1.32 bits per heavy atom. The molecule has 3 heterocycles. The van der Waals surface area contributed by atoms with Gasteiger partial charge in [-0.3, -0.25) is 9.78 Å². The van der Waals surface area contributed by atoms with Gasteiger partial charge < -0.3 is 23.8 Å². The number of fused-ring (bicyclic) bond motifs is 1. The summed E-state index contributed by atoms with van der Waals surface area (Å²) in [5, 5.41) is 7.84. The number of oxime groups is 1. The SMILES string of the molecule is COc1c(Br)c(C[C@H]2CC(C(=O)N/N=C/c3cccnc3)=NO2)c(OC)c2c1OCO2. The maximum Gasteiger partial charge on any atom is 0.289 e. The van der Waals surface area contributed by atoms with Crippen LogP contribution in [-0.2, 0) is 16.1 Å². The van der Waals surface area contributed by atoms with Crippen molar-refractivity contribution in [2.75, 3.05) is 21.0 Å². The zero-order valence-corrected chi connectivity index (χ0v) is 18.3. The van der Waals surface area contributed by atoms with Crippen molar-refractivity contribution in [1.82, 2.24) is 10.4 Å². The Kier molecular flexibility index (Phi) is 6.21. The lowest BCUT2D eigenvalue weighted by molar-refractivity contribution is -0.114. The van der Waals surface area contributed by atoms with Gasteiger partial charge in [-0.25, -0.2) is 5.43 Å². The average molecular weight is 491 g/mol. The number of benzene rings is 1. The molecule has 10 nitrogen and oxygen atoms in total. The second-order valence-corrected chi connectivity index (χ2v) is 7.38. The molecule has 1 amide bonds. The first kappa shape index (κ1) is 20.9. The van der Waals surface area contributed by atoms with Crippen molar-refractivity contribution in [3.63, 3.8) is 0 Å². The van der Waals surface area contributed by atoms with E-state index in [2.05, 4.69) is 36.6 Å². The zero-order chi connectivity index (χ0) is 21.8. The fourth-order valence-electron chi connectivity index (χ4n) is 3.25. The number of nitrogens with zero attached hydrogens (tertiary/aromatic N) is 3. The van der Waals surface area contributed by atoms with E-state index in [1.807, 2.05) is 6.07 Å². The Balaban J connectivity index is 1.43. The normalized spacial score (nSPS) is 16.7. The number of rotatable bonds is 7. The number of carbonyl (C=O) groups excluding carboxylic acids is 1. The van der Waals surface area contributed by atoms with Gasteiger partial charge in [0.2, 0.25) is 18.3 Å². The molecule has 0 unspecified atom stereocenters.